The van der Waals surface area contributed by atoms with Gasteiger partial charge in [-0.25, -0.2) is 8.42 Å². The van der Waals surface area contributed by atoms with Crippen molar-refractivity contribution in [3.8, 4) is 0 Å². The molecule has 102 valence electrons. The van der Waals surface area contributed by atoms with Crippen LogP contribution in [0.1, 0.15) is 52.9 Å². The third kappa shape index (κ3) is 5.38. The van der Waals surface area contributed by atoms with E-state index in [1.807, 2.05) is 0 Å². The van der Waals surface area contributed by atoms with Gasteiger partial charge >= 0.3 is 0 Å². The van der Waals surface area contributed by atoms with Crippen molar-refractivity contribution < 1.29 is 8.42 Å². The van der Waals surface area contributed by atoms with Crippen LogP contribution < -0.4 is 5.32 Å². The summed E-state index contributed by atoms with van der Waals surface area (Å²) in [5.74, 6) is 1.48. The summed E-state index contributed by atoms with van der Waals surface area (Å²) in [4.78, 5) is 0. The Morgan fingerprint density at radius 1 is 1.18 bits per heavy atom. The molecule has 0 aromatic carbocycles. The standard InChI is InChI=1S/C13H27NO2S/c1-4-11(3)10-12(5-2)14-13-6-8-17(15,16)9-7-13/h11-14H,4-10H2,1-3H3. The van der Waals surface area contributed by atoms with E-state index in [9.17, 15) is 8.42 Å². The predicted molar refractivity (Wildman–Crippen MR) is 73.0 cm³/mol. The van der Waals surface area contributed by atoms with E-state index in [0.29, 0.717) is 23.6 Å². The molecule has 1 aliphatic rings. The number of hydrogen-bond acceptors (Lipinski definition) is 3. The number of nitrogens with one attached hydrogen (secondary N) is 1. The summed E-state index contributed by atoms with van der Waals surface area (Å²) in [5.41, 5.74) is 0. The van der Waals surface area contributed by atoms with Crippen LogP contribution in [0.2, 0.25) is 0 Å². The van der Waals surface area contributed by atoms with Crippen LogP contribution in [-0.2, 0) is 9.84 Å². The summed E-state index contributed by atoms with van der Waals surface area (Å²) in [7, 11) is -2.73. The Morgan fingerprint density at radius 3 is 2.24 bits per heavy atom. The van der Waals surface area contributed by atoms with E-state index in [2.05, 4.69) is 26.1 Å². The maximum atomic E-state index is 11.3. The first kappa shape index (κ1) is 15.0. The fraction of sp³-hybridized carbons (Fsp3) is 1.00. The second-order valence-electron chi connectivity index (χ2n) is 5.45. The first-order valence-corrected chi connectivity index (χ1v) is 8.75. The van der Waals surface area contributed by atoms with E-state index >= 15 is 0 Å². The Balaban J connectivity index is 2.37. The molecule has 2 unspecified atom stereocenters. The minimum Gasteiger partial charge on any atom is -0.311 e. The van der Waals surface area contributed by atoms with Gasteiger partial charge in [0.05, 0.1) is 11.5 Å². The van der Waals surface area contributed by atoms with Crippen LogP contribution in [0.5, 0.6) is 0 Å². The quantitative estimate of drug-likeness (QED) is 0.798. The molecule has 0 spiro atoms. The lowest BCUT2D eigenvalue weighted by Gasteiger charge is -2.29. The fourth-order valence-electron chi connectivity index (χ4n) is 2.39. The van der Waals surface area contributed by atoms with Crippen LogP contribution in [-0.4, -0.2) is 32.0 Å². The molecule has 1 aliphatic heterocycles. The maximum Gasteiger partial charge on any atom is 0.150 e. The van der Waals surface area contributed by atoms with Crippen molar-refractivity contribution in [1.82, 2.24) is 5.32 Å². The molecule has 0 radical (unpaired) electrons. The molecule has 3 nitrogen and oxygen atoms in total. The Labute approximate surface area is 106 Å². The van der Waals surface area contributed by atoms with Gasteiger partial charge in [0.15, 0.2) is 0 Å². The molecule has 1 heterocycles. The van der Waals surface area contributed by atoms with Gasteiger partial charge in [-0.05, 0) is 31.6 Å². The monoisotopic (exact) mass is 261 g/mol. The van der Waals surface area contributed by atoms with Gasteiger partial charge in [0.1, 0.15) is 9.84 Å². The lowest BCUT2D eigenvalue weighted by atomic mass is 9.96. The molecular formula is C13H27NO2S. The van der Waals surface area contributed by atoms with E-state index in [-0.39, 0.29) is 0 Å². The van der Waals surface area contributed by atoms with E-state index in [4.69, 9.17) is 0 Å². The first-order chi connectivity index (χ1) is 7.96. The molecule has 1 N–H and O–H groups in total. The predicted octanol–water partition coefficient (Wildman–Crippen LogP) is 2.37. The van der Waals surface area contributed by atoms with E-state index in [1.165, 1.54) is 12.8 Å². The summed E-state index contributed by atoms with van der Waals surface area (Å²) in [6, 6.07) is 0.961. The summed E-state index contributed by atoms with van der Waals surface area (Å²) < 4.78 is 22.7. The van der Waals surface area contributed by atoms with Crippen molar-refractivity contribution in [3.05, 3.63) is 0 Å². The van der Waals surface area contributed by atoms with Gasteiger partial charge < -0.3 is 5.32 Å². The van der Waals surface area contributed by atoms with Crippen molar-refractivity contribution in [1.29, 1.82) is 0 Å². The van der Waals surface area contributed by atoms with Crippen molar-refractivity contribution in [2.75, 3.05) is 11.5 Å². The smallest absolute Gasteiger partial charge is 0.150 e. The normalized spacial score (nSPS) is 24.4. The maximum absolute atomic E-state index is 11.3. The molecule has 0 amide bonds. The highest BCUT2D eigenvalue weighted by Crippen LogP contribution is 2.17. The molecular weight excluding hydrogens is 234 g/mol. The minimum atomic E-state index is -2.73. The lowest BCUT2D eigenvalue weighted by molar-refractivity contribution is 0.334. The Hall–Kier alpha value is -0.0900. The van der Waals surface area contributed by atoms with Gasteiger partial charge in [-0.3, -0.25) is 0 Å². The van der Waals surface area contributed by atoms with Gasteiger partial charge in [0, 0.05) is 12.1 Å². The SMILES string of the molecule is CCC(C)CC(CC)NC1CCS(=O)(=O)CC1. The van der Waals surface area contributed by atoms with Crippen LogP contribution in [0.25, 0.3) is 0 Å². The zero-order valence-electron chi connectivity index (χ0n) is 11.4. The summed E-state index contributed by atoms with van der Waals surface area (Å²) in [6.45, 7) is 6.72. The first-order valence-electron chi connectivity index (χ1n) is 6.93. The molecule has 4 heteroatoms. The van der Waals surface area contributed by atoms with Crippen molar-refractivity contribution in [3.63, 3.8) is 0 Å². The molecule has 0 saturated carbocycles. The number of sulfone groups is 1. The molecule has 17 heavy (non-hydrogen) atoms. The third-order valence-electron chi connectivity index (χ3n) is 3.90. The fourth-order valence-corrected chi connectivity index (χ4v) is 3.89. The minimum absolute atomic E-state index is 0.366. The van der Waals surface area contributed by atoms with Crippen LogP contribution in [0.4, 0.5) is 0 Å². The Morgan fingerprint density at radius 2 is 1.76 bits per heavy atom. The van der Waals surface area contributed by atoms with Crippen LogP contribution in [0.15, 0.2) is 0 Å². The highest BCUT2D eigenvalue weighted by molar-refractivity contribution is 7.91. The van der Waals surface area contributed by atoms with Crippen LogP contribution in [0, 0.1) is 5.92 Å². The molecule has 0 aromatic rings. The van der Waals surface area contributed by atoms with Crippen molar-refractivity contribution in [2.24, 2.45) is 5.92 Å². The van der Waals surface area contributed by atoms with E-state index < -0.39 is 9.84 Å². The van der Waals surface area contributed by atoms with Crippen molar-refractivity contribution >= 4 is 9.84 Å². The van der Waals surface area contributed by atoms with Gasteiger partial charge in [-0.1, -0.05) is 27.2 Å². The number of rotatable bonds is 6. The van der Waals surface area contributed by atoms with Gasteiger partial charge in [0.2, 0.25) is 0 Å². The topological polar surface area (TPSA) is 46.2 Å². The largest absolute Gasteiger partial charge is 0.311 e. The molecule has 0 bridgehead atoms. The molecule has 0 aliphatic carbocycles. The van der Waals surface area contributed by atoms with E-state index in [0.717, 1.165) is 25.2 Å². The Kier molecular flexibility index (Phi) is 5.93. The molecule has 2 atom stereocenters. The zero-order valence-corrected chi connectivity index (χ0v) is 12.2. The lowest BCUT2D eigenvalue weighted by Crippen LogP contribution is -2.43. The highest BCUT2D eigenvalue weighted by atomic mass is 32.2. The van der Waals surface area contributed by atoms with E-state index in [1.54, 1.807) is 0 Å². The molecule has 1 rings (SSSR count). The van der Waals surface area contributed by atoms with Crippen LogP contribution >= 0.6 is 0 Å². The van der Waals surface area contributed by atoms with Gasteiger partial charge in [0.25, 0.3) is 0 Å². The molecule has 0 aromatic heterocycles. The molecule has 1 saturated heterocycles. The molecule has 1 fully saturated rings. The van der Waals surface area contributed by atoms with Gasteiger partial charge in [-0.2, -0.15) is 0 Å². The van der Waals surface area contributed by atoms with Crippen LogP contribution in [0.3, 0.4) is 0 Å². The summed E-state index contributed by atoms with van der Waals surface area (Å²) >= 11 is 0. The average molecular weight is 261 g/mol. The zero-order chi connectivity index (χ0) is 12.9. The van der Waals surface area contributed by atoms with Gasteiger partial charge in [-0.15, -0.1) is 0 Å². The Bertz CT molecular complexity index is 299. The summed E-state index contributed by atoms with van der Waals surface area (Å²) in [6.07, 6.45) is 5.14. The van der Waals surface area contributed by atoms with Crippen molar-refractivity contribution in [2.45, 2.75) is 65.0 Å². The summed E-state index contributed by atoms with van der Waals surface area (Å²) in [5, 5.41) is 3.64. The highest BCUT2D eigenvalue weighted by Gasteiger charge is 2.25. The average Bonchev–Trinajstić information content (AvgIpc) is 2.30. The second kappa shape index (κ2) is 6.74. The second-order valence-corrected chi connectivity index (χ2v) is 7.75. The third-order valence-corrected chi connectivity index (χ3v) is 5.62. The number of hydrogen-bond donors (Lipinski definition) is 1.